The summed E-state index contributed by atoms with van der Waals surface area (Å²) in [6.45, 7) is 1.95. The van der Waals surface area contributed by atoms with E-state index in [1.165, 1.54) is 0 Å². The van der Waals surface area contributed by atoms with Gasteiger partial charge in [-0.2, -0.15) is 0 Å². The lowest BCUT2D eigenvalue weighted by molar-refractivity contribution is 0.0517. The zero-order chi connectivity index (χ0) is 11.7. The highest BCUT2D eigenvalue weighted by Gasteiger charge is 2.19. The van der Waals surface area contributed by atoms with E-state index in [9.17, 15) is 9.90 Å². The Hall–Kier alpha value is -1.68. The monoisotopic (exact) mass is 239 g/mol. The van der Waals surface area contributed by atoms with Gasteiger partial charge < -0.3 is 14.8 Å². The number of H-pyrrole nitrogens is 1. The van der Waals surface area contributed by atoms with E-state index in [-0.39, 0.29) is 18.1 Å². The SMILES string of the molecule is CCOC(=O)c1[nH]c2cccc(Cl)c2c1O. The van der Waals surface area contributed by atoms with E-state index in [0.717, 1.165) is 0 Å². The molecule has 0 saturated heterocycles. The van der Waals surface area contributed by atoms with Crippen LogP contribution in [0.1, 0.15) is 17.4 Å². The van der Waals surface area contributed by atoms with Crippen molar-refractivity contribution in [2.75, 3.05) is 6.61 Å². The van der Waals surface area contributed by atoms with Crippen LogP contribution in [-0.4, -0.2) is 22.7 Å². The zero-order valence-electron chi connectivity index (χ0n) is 8.58. The van der Waals surface area contributed by atoms with Gasteiger partial charge in [0.25, 0.3) is 0 Å². The van der Waals surface area contributed by atoms with Gasteiger partial charge in [0.15, 0.2) is 11.4 Å². The molecular formula is C11H10ClNO3. The number of hydrogen-bond acceptors (Lipinski definition) is 3. The number of carbonyl (C=O) groups is 1. The molecule has 2 N–H and O–H groups in total. The van der Waals surface area contributed by atoms with Gasteiger partial charge in [0, 0.05) is 0 Å². The fraction of sp³-hybridized carbons (Fsp3) is 0.182. The van der Waals surface area contributed by atoms with Crippen molar-refractivity contribution in [2.45, 2.75) is 6.92 Å². The van der Waals surface area contributed by atoms with Gasteiger partial charge in [-0.3, -0.25) is 0 Å². The van der Waals surface area contributed by atoms with E-state index in [1.807, 2.05) is 0 Å². The zero-order valence-corrected chi connectivity index (χ0v) is 9.34. The second kappa shape index (κ2) is 4.06. The lowest BCUT2D eigenvalue weighted by Crippen LogP contribution is -2.04. The first kappa shape index (κ1) is 10.8. The lowest BCUT2D eigenvalue weighted by Gasteiger charge is -1.98. The molecule has 2 aromatic rings. The summed E-state index contributed by atoms with van der Waals surface area (Å²) in [6.07, 6.45) is 0. The molecular weight excluding hydrogens is 230 g/mol. The van der Waals surface area contributed by atoms with E-state index < -0.39 is 5.97 Å². The number of aromatic amines is 1. The highest BCUT2D eigenvalue weighted by atomic mass is 35.5. The van der Waals surface area contributed by atoms with Gasteiger partial charge in [-0.05, 0) is 19.1 Å². The minimum Gasteiger partial charge on any atom is -0.505 e. The Kier molecular flexibility index (Phi) is 2.75. The van der Waals surface area contributed by atoms with Crippen LogP contribution in [0.5, 0.6) is 5.75 Å². The topological polar surface area (TPSA) is 62.3 Å². The van der Waals surface area contributed by atoms with Crippen LogP contribution in [0.4, 0.5) is 0 Å². The van der Waals surface area contributed by atoms with Gasteiger partial charge in [-0.1, -0.05) is 17.7 Å². The third-order valence-corrected chi connectivity index (χ3v) is 2.54. The second-order valence-corrected chi connectivity index (χ2v) is 3.64. The maximum atomic E-state index is 11.5. The van der Waals surface area contributed by atoms with Crippen molar-refractivity contribution in [1.29, 1.82) is 0 Å². The Morgan fingerprint density at radius 3 is 2.94 bits per heavy atom. The van der Waals surface area contributed by atoms with Crippen LogP contribution in [0.3, 0.4) is 0 Å². The summed E-state index contributed by atoms with van der Waals surface area (Å²) in [5.74, 6) is -0.758. The quantitative estimate of drug-likeness (QED) is 0.792. The van der Waals surface area contributed by atoms with Crippen molar-refractivity contribution in [3.8, 4) is 5.75 Å². The predicted octanol–water partition coefficient (Wildman–Crippen LogP) is 2.70. The molecule has 2 rings (SSSR count). The molecule has 0 spiro atoms. The number of rotatable bonds is 2. The smallest absolute Gasteiger partial charge is 0.358 e. The van der Waals surface area contributed by atoms with Crippen molar-refractivity contribution >= 4 is 28.5 Å². The minimum absolute atomic E-state index is 0.0324. The van der Waals surface area contributed by atoms with E-state index in [2.05, 4.69) is 4.98 Å². The molecule has 0 amide bonds. The molecule has 0 atom stereocenters. The molecule has 0 bridgehead atoms. The number of aromatic hydroxyl groups is 1. The number of nitrogens with one attached hydrogen (secondary N) is 1. The highest BCUT2D eigenvalue weighted by molar-refractivity contribution is 6.36. The van der Waals surface area contributed by atoms with Crippen LogP contribution in [0.2, 0.25) is 5.02 Å². The maximum absolute atomic E-state index is 11.5. The molecule has 0 saturated carbocycles. The van der Waals surface area contributed by atoms with Crippen LogP contribution in [-0.2, 0) is 4.74 Å². The van der Waals surface area contributed by atoms with Crippen LogP contribution in [0, 0.1) is 0 Å². The summed E-state index contributed by atoms with van der Waals surface area (Å²) in [7, 11) is 0. The van der Waals surface area contributed by atoms with Crippen molar-refractivity contribution in [1.82, 2.24) is 4.98 Å². The van der Waals surface area contributed by atoms with E-state index >= 15 is 0 Å². The number of carbonyl (C=O) groups excluding carboxylic acids is 1. The van der Waals surface area contributed by atoms with Crippen LogP contribution in [0.15, 0.2) is 18.2 Å². The Bertz CT molecular complexity index is 547. The molecule has 0 aliphatic heterocycles. The molecule has 0 aliphatic rings. The maximum Gasteiger partial charge on any atom is 0.358 e. The highest BCUT2D eigenvalue weighted by Crippen LogP contribution is 2.34. The molecule has 4 nitrogen and oxygen atoms in total. The second-order valence-electron chi connectivity index (χ2n) is 3.23. The number of esters is 1. The van der Waals surface area contributed by atoms with Crippen molar-refractivity contribution in [3.05, 3.63) is 28.9 Å². The summed E-state index contributed by atoms with van der Waals surface area (Å²) in [4.78, 5) is 14.3. The molecule has 5 heteroatoms. The van der Waals surface area contributed by atoms with Crippen LogP contribution < -0.4 is 0 Å². The number of hydrogen-bond donors (Lipinski definition) is 2. The van der Waals surface area contributed by atoms with Gasteiger partial charge in [0.1, 0.15) is 0 Å². The van der Waals surface area contributed by atoms with E-state index in [1.54, 1.807) is 25.1 Å². The molecule has 1 aromatic heterocycles. The fourth-order valence-electron chi connectivity index (χ4n) is 1.54. The van der Waals surface area contributed by atoms with Gasteiger partial charge in [-0.15, -0.1) is 0 Å². The lowest BCUT2D eigenvalue weighted by atomic mass is 10.2. The van der Waals surface area contributed by atoms with Gasteiger partial charge >= 0.3 is 5.97 Å². The molecule has 0 fully saturated rings. The van der Waals surface area contributed by atoms with Gasteiger partial charge in [0.2, 0.25) is 0 Å². The molecule has 84 valence electrons. The van der Waals surface area contributed by atoms with Crippen molar-refractivity contribution in [2.24, 2.45) is 0 Å². The first-order chi connectivity index (χ1) is 7.65. The summed E-state index contributed by atoms with van der Waals surface area (Å²) in [5.41, 5.74) is 0.637. The molecule has 0 radical (unpaired) electrons. The van der Waals surface area contributed by atoms with E-state index in [0.29, 0.717) is 15.9 Å². The largest absolute Gasteiger partial charge is 0.505 e. The summed E-state index contributed by atoms with van der Waals surface area (Å²) in [6, 6.07) is 5.10. The molecule has 1 aromatic carbocycles. The summed E-state index contributed by atoms with van der Waals surface area (Å²) >= 11 is 5.93. The molecule has 0 unspecified atom stereocenters. The Labute approximate surface area is 96.8 Å². The number of ether oxygens (including phenoxy) is 1. The Balaban J connectivity index is 2.61. The average molecular weight is 240 g/mol. The molecule has 16 heavy (non-hydrogen) atoms. The average Bonchev–Trinajstić information content (AvgIpc) is 2.58. The first-order valence-corrected chi connectivity index (χ1v) is 5.19. The number of halogens is 1. The van der Waals surface area contributed by atoms with E-state index in [4.69, 9.17) is 16.3 Å². The third kappa shape index (κ3) is 1.61. The number of aromatic nitrogens is 1. The van der Waals surface area contributed by atoms with Crippen molar-refractivity contribution in [3.63, 3.8) is 0 Å². The Morgan fingerprint density at radius 1 is 1.56 bits per heavy atom. The number of fused-ring (bicyclic) bond motifs is 1. The first-order valence-electron chi connectivity index (χ1n) is 4.81. The van der Waals surface area contributed by atoms with Crippen LogP contribution >= 0.6 is 11.6 Å². The number of benzene rings is 1. The van der Waals surface area contributed by atoms with Crippen LogP contribution in [0.25, 0.3) is 10.9 Å². The van der Waals surface area contributed by atoms with Gasteiger partial charge in [0.05, 0.1) is 22.5 Å². The van der Waals surface area contributed by atoms with Crippen molar-refractivity contribution < 1.29 is 14.6 Å². The minimum atomic E-state index is -0.590. The van der Waals surface area contributed by atoms with Gasteiger partial charge in [-0.25, -0.2) is 4.79 Å². The third-order valence-electron chi connectivity index (χ3n) is 2.23. The summed E-state index contributed by atoms with van der Waals surface area (Å²) in [5, 5.41) is 10.7. The fourth-order valence-corrected chi connectivity index (χ4v) is 1.80. The normalized spacial score (nSPS) is 10.6. The predicted molar refractivity (Wildman–Crippen MR) is 60.9 cm³/mol. The Morgan fingerprint density at radius 2 is 2.31 bits per heavy atom. The standard InChI is InChI=1S/C11H10ClNO3/c1-2-16-11(15)9-10(14)8-6(12)4-3-5-7(8)13-9/h3-5,13-14H,2H2,1H3. The molecule has 0 aliphatic carbocycles. The molecule has 1 heterocycles. The summed E-state index contributed by atoms with van der Waals surface area (Å²) < 4.78 is 4.80.